The number of nitrogens with zero attached hydrogens (tertiary/aromatic N) is 5. The summed E-state index contributed by atoms with van der Waals surface area (Å²) in [5, 5.41) is 12.1. The first-order chi connectivity index (χ1) is 19.6. The molecule has 1 aliphatic heterocycles. The number of halogens is 3. The van der Waals surface area contributed by atoms with Crippen molar-refractivity contribution in [2.45, 2.75) is 30.7 Å². The number of carboxylic acid groups (broad SMARTS) is 1. The number of carbonyl (C=O) groups is 2. The van der Waals surface area contributed by atoms with Gasteiger partial charge in [0.15, 0.2) is 0 Å². The largest absolute Gasteiger partial charge is 0.480 e. The van der Waals surface area contributed by atoms with Gasteiger partial charge in [-0.3, -0.25) is 18.9 Å². The monoisotopic (exact) mass is 567 g/mol. The predicted octanol–water partition coefficient (Wildman–Crippen LogP) is 3.64. The minimum atomic E-state index is -4.57. The van der Waals surface area contributed by atoms with Gasteiger partial charge in [0.2, 0.25) is 0 Å². The van der Waals surface area contributed by atoms with Crippen molar-refractivity contribution in [2.75, 3.05) is 30.7 Å². The van der Waals surface area contributed by atoms with Gasteiger partial charge in [-0.2, -0.15) is 13.2 Å². The number of amides is 1. The highest BCUT2D eigenvalue weighted by atomic mass is 19.4. The smallest absolute Gasteiger partial charge is 0.416 e. The van der Waals surface area contributed by atoms with Crippen molar-refractivity contribution < 1.29 is 32.6 Å². The number of carboxylic acids is 1. The molecule has 4 aromatic rings. The number of pyridine rings is 1. The van der Waals surface area contributed by atoms with E-state index in [0.717, 1.165) is 18.3 Å². The lowest BCUT2D eigenvalue weighted by Crippen LogP contribution is -2.50. The molecule has 0 radical (unpaired) electrons. The average Bonchev–Trinajstić information content (AvgIpc) is 3.68. The van der Waals surface area contributed by atoms with Crippen LogP contribution in [0.3, 0.4) is 0 Å². The van der Waals surface area contributed by atoms with Crippen LogP contribution < -0.4 is 11.1 Å². The van der Waals surface area contributed by atoms with Gasteiger partial charge in [-0.1, -0.05) is 12.1 Å². The molecule has 2 aliphatic rings. The number of imidazole rings is 1. The van der Waals surface area contributed by atoms with Crippen molar-refractivity contribution in [3.05, 3.63) is 71.9 Å². The van der Waals surface area contributed by atoms with Gasteiger partial charge in [-0.25, -0.2) is 15.0 Å². The summed E-state index contributed by atoms with van der Waals surface area (Å²) in [6, 6.07) is 7.89. The molecule has 0 bridgehead atoms. The van der Waals surface area contributed by atoms with Crippen LogP contribution in [0.5, 0.6) is 0 Å². The van der Waals surface area contributed by atoms with E-state index >= 15 is 0 Å². The minimum absolute atomic E-state index is 0.192. The van der Waals surface area contributed by atoms with Crippen LogP contribution in [0.15, 0.2) is 55.0 Å². The van der Waals surface area contributed by atoms with Crippen molar-refractivity contribution in [2.24, 2.45) is 0 Å². The number of fused-ring (bicyclic) bond motifs is 1. The van der Waals surface area contributed by atoms with Gasteiger partial charge in [-0.05, 0) is 37.1 Å². The number of hydrogen-bond acceptors (Lipinski definition) is 8. The summed E-state index contributed by atoms with van der Waals surface area (Å²) in [6.07, 6.45) is 0.299. The minimum Gasteiger partial charge on any atom is -0.480 e. The van der Waals surface area contributed by atoms with E-state index in [2.05, 4.69) is 15.3 Å². The first-order valence-electron chi connectivity index (χ1n) is 12.7. The summed E-state index contributed by atoms with van der Waals surface area (Å²) in [6.45, 7) is 1.19. The molecular formula is C27H24F3N7O4. The second kappa shape index (κ2) is 9.82. The number of alkyl halides is 3. The fourth-order valence-corrected chi connectivity index (χ4v) is 5.14. The lowest BCUT2D eigenvalue weighted by atomic mass is 10.1. The first-order valence-corrected chi connectivity index (χ1v) is 12.7. The van der Waals surface area contributed by atoms with Crippen LogP contribution in [0.4, 0.5) is 24.8 Å². The SMILES string of the molecule is Nc1nccn2c([C@H]3CN(C4(C(=O)O)CC4)CCO3)nc(-c3ccc(C(=O)Nc4cc(C(F)(F)F)ccn4)cc3)c12. The Morgan fingerprint density at radius 1 is 1.12 bits per heavy atom. The third kappa shape index (κ3) is 4.85. The Morgan fingerprint density at radius 2 is 1.88 bits per heavy atom. The van der Waals surface area contributed by atoms with E-state index in [4.69, 9.17) is 15.5 Å². The van der Waals surface area contributed by atoms with Gasteiger partial charge >= 0.3 is 12.1 Å². The molecular weight excluding hydrogens is 543 g/mol. The first kappa shape index (κ1) is 26.7. The average molecular weight is 568 g/mol. The Kier molecular flexibility index (Phi) is 6.38. The topological polar surface area (TPSA) is 148 Å². The fraction of sp³-hybridized carbons (Fsp3) is 0.296. The normalized spacial score (nSPS) is 18.8. The lowest BCUT2D eigenvalue weighted by Gasteiger charge is -2.36. The van der Waals surface area contributed by atoms with Crippen molar-refractivity contribution in [1.29, 1.82) is 0 Å². The molecule has 1 aliphatic carbocycles. The number of rotatable bonds is 6. The lowest BCUT2D eigenvalue weighted by molar-refractivity contribution is -0.149. The summed E-state index contributed by atoms with van der Waals surface area (Å²) in [5.74, 6) is -0.950. The Balaban J connectivity index is 1.28. The molecule has 1 aromatic carbocycles. The fourth-order valence-electron chi connectivity index (χ4n) is 5.14. The molecule has 2 fully saturated rings. The maximum atomic E-state index is 13.0. The number of morpholine rings is 1. The summed E-state index contributed by atoms with van der Waals surface area (Å²) in [5.41, 5.74) is 6.26. The van der Waals surface area contributed by atoms with Crippen LogP contribution in [0.25, 0.3) is 16.8 Å². The van der Waals surface area contributed by atoms with E-state index in [0.29, 0.717) is 55.1 Å². The van der Waals surface area contributed by atoms with Crippen LogP contribution in [0.1, 0.15) is 40.7 Å². The highest BCUT2D eigenvalue weighted by Crippen LogP contribution is 2.44. The van der Waals surface area contributed by atoms with Gasteiger partial charge in [0.1, 0.15) is 40.3 Å². The molecule has 4 N–H and O–H groups in total. The summed E-state index contributed by atoms with van der Waals surface area (Å²) >= 11 is 0. The van der Waals surface area contributed by atoms with Crippen LogP contribution in [0.2, 0.25) is 0 Å². The molecule has 0 unspecified atom stereocenters. The Bertz CT molecular complexity index is 1650. The third-order valence-electron chi connectivity index (χ3n) is 7.44. The van der Waals surface area contributed by atoms with Crippen molar-refractivity contribution in [1.82, 2.24) is 24.3 Å². The number of hydrogen-bond donors (Lipinski definition) is 3. The quantitative estimate of drug-likeness (QED) is 0.318. The van der Waals surface area contributed by atoms with E-state index in [1.807, 2.05) is 4.90 Å². The number of aliphatic carboxylic acids is 1. The number of aromatic nitrogens is 4. The molecule has 14 heteroatoms. The van der Waals surface area contributed by atoms with Crippen molar-refractivity contribution >= 4 is 29.0 Å². The van der Waals surface area contributed by atoms with Crippen molar-refractivity contribution in [3.8, 4) is 11.3 Å². The van der Waals surface area contributed by atoms with E-state index in [9.17, 15) is 27.9 Å². The van der Waals surface area contributed by atoms with Gasteiger partial charge in [0.25, 0.3) is 5.91 Å². The number of ether oxygens (including phenoxy) is 1. The van der Waals surface area contributed by atoms with Gasteiger partial charge in [-0.15, -0.1) is 0 Å². The molecule has 212 valence electrons. The van der Waals surface area contributed by atoms with Crippen LogP contribution in [-0.2, 0) is 15.7 Å². The molecule has 3 aromatic heterocycles. The van der Waals surface area contributed by atoms with E-state index in [1.165, 1.54) is 18.3 Å². The zero-order valence-corrected chi connectivity index (χ0v) is 21.4. The Morgan fingerprint density at radius 3 is 2.56 bits per heavy atom. The standard InChI is InChI=1S/C27H24F3N7O4/c28-27(29,30)17-5-8-32-19(13-17)34-24(38)16-3-1-15(2-4-16)20-21-22(31)33-9-10-37(21)23(35-20)18-14-36(11-12-41-18)26(6-7-26)25(39)40/h1-5,8-10,13,18H,6-7,11-12,14H2,(H2,31,33)(H,39,40)(H,32,34,38)/t18-/m1/s1. The van der Waals surface area contributed by atoms with Crippen LogP contribution in [-0.4, -0.2) is 66.5 Å². The molecule has 11 nitrogen and oxygen atoms in total. The highest BCUT2D eigenvalue weighted by Gasteiger charge is 2.56. The molecule has 41 heavy (non-hydrogen) atoms. The third-order valence-corrected chi connectivity index (χ3v) is 7.44. The maximum Gasteiger partial charge on any atom is 0.416 e. The van der Waals surface area contributed by atoms with Gasteiger partial charge in [0.05, 0.1) is 12.2 Å². The number of carbonyl (C=O) groups excluding carboxylic acids is 1. The Hall–Kier alpha value is -4.56. The molecule has 1 atom stereocenters. The van der Waals surface area contributed by atoms with E-state index < -0.39 is 35.3 Å². The van der Waals surface area contributed by atoms with Crippen LogP contribution >= 0.6 is 0 Å². The maximum absolute atomic E-state index is 13.0. The molecule has 6 rings (SSSR count). The molecule has 1 saturated heterocycles. The number of benzene rings is 1. The van der Waals surface area contributed by atoms with E-state index in [-0.39, 0.29) is 17.2 Å². The summed E-state index contributed by atoms with van der Waals surface area (Å²) in [4.78, 5) is 39.4. The Labute approximate surface area is 230 Å². The second-order valence-electron chi connectivity index (χ2n) is 9.95. The molecule has 0 spiro atoms. The van der Waals surface area contributed by atoms with Crippen LogP contribution in [0, 0.1) is 0 Å². The second-order valence-corrected chi connectivity index (χ2v) is 9.95. The zero-order valence-electron chi connectivity index (χ0n) is 21.4. The van der Waals surface area contributed by atoms with Gasteiger partial charge < -0.3 is 20.9 Å². The molecule has 1 amide bonds. The van der Waals surface area contributed by atoms with Crippen molar-refractivity contribution in [3.63, 3.8) is 0 Å². The predicted molar refractivity (Wildman–Crippen MR) is 140 cm³/mol. The number of anilines is 2. The number of nitrogens with one attached hydrogen (secondary N) is 1. The van der Waals surface area contributed by atoms with E-state index in [1.54, 1.807) is 22.7 Å². The number of nitrogens with two attached hydrogens (primary N) is 1. The molecule has 4 heterocycles. The number of nitrogen functional groups attached to an aromatic ring is 1. The van der Waals surface area contributed by atoms with Gasteiger partial charge in [0, 0.05) is 42.8 Å². The summed E-state index contributed by atoms with van der Waals surface area (Å²) in [7, 11) is 0. The summed E-state index contributed by atoms with van der Waals surface area (Å²) < 4.78 is 46.8. The highest BCUT2D eigenvalue weighted by molar-refractivity contribution is 6.04. The molecule has 1 saturated carbocycles. The zero-order chi connectivity index (χ0) is 28.9.